The lowest BCUT2D eigenvalue weighted by Crippen LogP contribution is -2.13. The van der Waals surface area contributed by atoms with Gasteiger partial charge in [-0.1, -0.05) is 109 Å². The number of anilines is 6. The van der Waals surface area contributed by atoms with Gasteiger partial charge >= 0.3 is 0 Å². The third-order valence-corrected chi connectivity index (χ3v) is 15.4. The molecule has 0 unspecified atom stereocenters. The van der Waals surface area contributed by atoms with Gasteiger partial charge in [0.2, 0.25) is 0 Å². The molecule has 6 heteroatoms. The molecule has 4 heterocycles. The third-order valence-electron chi connectivity index (χ3n) is 15.4. The Morgan fingerprint density at radius 1 is 0.274 bits per heavy atom. The molecule has 0 saturated heterocycles. The van der Waals surface area contributed by atoms with Gasteiger partial charge in [0, 0.05) is 54.5 Å². The van der Waals surface area contributed by atoms with E-state index < -0.39 is 0 Å². The Morgan fingerprint density at radius 3 is 1.25 bits per heavy atom. The first-order chi connectivity index (χ1) is 35.7. The molecule has 15 aromatic rings. The number of furan rings is 4. The van der Waals surface area contributed by atoms with Gasteiger partial charge in [-0.25, -0.2) is 0 Å². The summed E-state index contributed by atoms with van der Waals surface area (Å²) >= 11 is 0. The van der Waals surface area contributed by atoms with Gasteiger partial charge in [0.15, 0.2) is 22.3 Å². The quantitative estimate of drug-likeness (QED) is 0.166. The molecule has 0 spiro atoms. The van der Waals surface area contributed by atoms with Crippen LogP contribution in [0.4, 0.5) is 34.1 Å². The fourth-order valence-electron chi connectivity index (χ4n) is 12.0. The fraction of sp³-hybridized carbons (Fsp3) is 0.0746. The maximum Gasteiger partial charge on any atom is 0.178 e. The highest BCUT2D eigenvalue weighted by Gasteiger charge is 2.26. The zero-order chi connectivity index (χ0) is 48.8. The van der Waals surface area contributed by atoms with E-state index in [1.54, 1.807) is 0 Å². The van der Waals surface area contributed by atoms with Crippen molar-refractivity contribution in [3.8, 4) is 0 Å². The number of aryl methyl sites for hydroxylation is 5. The molecule has 348 valence electrons. The molecule has 0 atom stereocenters. The van der Waals surface area contributed by atoms with E-state index in [-0.39, 0.29) is 0 Å². The Bertz CT molecular complexity index is 4790. The van der Waals surface area contributed by atoms with Crippen molar-refractivity contribution in [3.63, 3.8) is 0 Å². The molecule has 0 amide bonds. The summed E-state index contributed by atoms with van der Waals surface area (Å²) in [4.78, 5) is 4.71. The molecular formula is C67H46N2O4. The summed E-state index contributed by atoms with van der Waals surface area (Å²) < 4.78 is 27.2. The number of fused-ring (bicyclic) bond motifs is 15. The Kier molecular flexibility index (Phi) is 8.74. The van der Waals surface area contributed by atoms with Crippen molar-refractivity contribution in [2.45, 2.75) is 34.6 Å². The van der Waals surface area contributed by atoms with Crippen LogP contribution < -0.4 is 9.80 Å². The molecule has 0 bridgehead atoms. The van der Waals surface area contributed by atoms with Crippen LogP contribution >= 0.6 is 0 Å². The van der Waals surface area contributed by atoms with E-state index in [0.717, 1.165) is 149 Å². The molecule has 15 rings (SSSR count). The highest BCUT2D eigenvalue weighted by molar-refractivity contribution is 6.23. The summed E-state index contributed by atoms with van der Waals surface area (Å²) in [5.74, 6) is 0. The smallest absolute Gasteiger partial charge is 0.178 e. The maximum absolute atomic E-state index is 6.97. The van der Waals surface area contributed by atoms with E-state index >= 15 is 0 Å². The van der Waals surface area contributed by atoms with Crippen LogP contribution in [-0.2, 0) is 0 Å². The molecule has 73 heavy (non-hydrogen) atoms. The van der Waals surface area contributed by atoms with Crippen molar-refractivity contribution in [3.05, 3.63) is 216 Å². The molecule has 6 nitrogen and oxygen atoms in total. The van der Waals surface area contributed by atoms with E-state index in [4.69, 9.17) is 17.7 Å². The second kappa shape index (κ2) is 15.4. The first-order valence-electron chi connectivity index (χ1n) is 25.0. The summed E-state index contributed by atoms with van der Waals surface area (Å²) in [6.45, 7) is 10.9. The van der Waals surface area contributed by atoms with E-state index in [2.05, 4.69) is 208 Å². The molecule has 0 fully saturated rings. The second-order valence-corrected chi connectivity index (χ2v) is 19.9. The number of hydrogen-bond donors (Lipinski definition) is 0. The molecule has 4 aromatic heterocycles. The zero-order valence-electron chi connectivity index (χ0n) is 40.9. The largest absolute Gasteiger partial charge is 0.454 e. The molecule has 0 radical (unpaired) electrons. The average molecular weight is 943 g/mol. The van der Waals surface area contributed by atoms with Crippen molar-refractivity contribution < 1.29 is 17.7 Å². The lowest BCUT2D eigenvalue weighted by Gasteiger charge is -2.29. The van der Waals surface area contributed by atoms with Gasteiger partial charge in [-0.3, -0.25) is 0 Å². The van der Waals surface area contributed by atoms with Gasteiger partial charge in [0.1, 0.15) is 22.3 Å². The lowest BCUT2D eigenvalue weighted by molar-refractivity contribution is 0.633. The molecular weight excluding hydrogens is 897 g/mol. The SMILES string of the molecule is Cc1cccc(C)c1N(c1ccc2cc3c(cc2c1)oc1c3cc(C)c2c3cc4ccc(N(c5c(C)cccc5C)c5cccc6c5oc5ccccc56)cc4cc3oc12)c1cccc2c1oc1ccccc12. The summed E-state index contributed by atoms with van der Waals surface area (Å²) in [5.41, 5.74) is 18.7. The average Bonchev–Trinajstić information content (AvgIpc) is 4.18. The fourth-order valence-corrected chi connectivity index (χ4v) is 12.0. The van der Waals surface area contributed by atoms with E-state index in [1.165, 1.54) is 22.3 Å². The van der Waals surface area contributed by atoms with E-state index in [1.807, 2.05) is 24.3 Å². The van der Waals surface area contributed by atoms with Crippen molar-refractivity contribution in [2.24, 2.45) is 0 Å². The minimum Gasteiger partial charge on any atom is -0.454 e. The summed E-state index contributed by atoms with van der Waals surface area (Å²) in [6, 6.07) is 67.1. The minimum absolute atomic E-state index is 0.751. The highest BCUT2D eigenvalue weighted by Crippen LogP contribution is 2.49. The summed E-state index contributed by atoms with van der Waals surface area (Å²) in [5, 5.41) is 13.0. The molecule has 0 saturated carbocycles. The van der Waals surface area contributed by atoms with Gasteiger partial charge in [0.05, 0.1) is 22.7 Å². The predicted octanol–water partition coefficient (Wildman–Crippen LogP) is 20.1. The second-order valence-electron chi connectivity index (χ2n) is 19.9. The topological polar surface area (TPSA) is 59.0 Å². The van der Waals surface area contributed by atoms with Crippen LogP contribution in [0.3, 0.4) is 0 Å². The molecule has 11 aromatic carbocycles. The van der Waals surface area contributed by atoms with Crippen LogP contribution in [0.5, 0.6) is 0 Å². The Morgan fingerprint density at radius 2 is 0.712 bits per heavy atom. The van der Waals surface area contributed by atoms with Crippen LogP contribution in [0, 0.1) is 34.6 Å². The van der Waals surface area contributed by atoms with Crippen LogP contribution in [0.2, 0.25) is 0 Å². The lowest BCUT2D eigenvalue weighted by atomic mass is 9.99. The zero-order valence-corrected chi connectivity index (χ0v) is 40.9. The van der Waals surface area contributed by atoms with Gasteiger partial charge in [-0.2, -0.15) is 0 Å². The van der Waals surface area contributed by atoms with Crippen LogP contribution in [0.15, 0.2) is 206 Å². The maximum atomic E-state index is 6.97. The number of benzene rings is 11. The minimum atomic E-state index is 0.751. The predicted molar refractivity (Wildman–Crippen MR) is 304 cm³/mol. The molecule has 0 aliphatic heterocycles. The summed E-state index contributed by atoms with van der Waals surface area (Å²) in [6.07, 6.45) is 0. The van der Waals surface area contributed by atoms with Gasteiger partial charge in [0.25, 0.3) is 0 Å². The summed E-state index contributed by atoms with van der Waals surface area (Å²) in [7, 11) is 0. The van der Waals surface area contributed by atoms with Gasteiger partial charge < -0.3 is 27.5 Å². The number of rotatable bonds is 6. The first-order valence-corrected chi connectivity index (χ1v) is 25.0. The number of hydrogen-bond acceptors (Lipinski definition) is 6. The van der Waals surface area contributed by atoms with Gasteiger partial charge in [-0.15, -0.1) is 0 Å². The standard InChI is InChI=1S/C67H46N2O4/c1-37-14-10-15-38(2)62(37)68(55-22-12-20-50-48-18-6-8-24-57(48)70-64(50)55)46-28-26-42-33-52-53-30-41(5)61-54-34-43-27-29-47(32-45(43)36-60(54)73-67(61)66(53)72-59(52)35-44(42)31-46)69(63-39(3)16-11-17-40(63)4)56-23-13-21-51-49-19-7-9-25-58(49)71-65(51)56/h6-36H,1-5H3. The van der Waals surface area contributed by atoms with Crippen molar-refractivity contribution >= 4 is 143 Å². The monoisotopic (exact) mass is 942 g/mol. The Hall–Kier alpha value is -9.26. The van der Waals surface area contributed by atoms with Crippen molar-refractivity contribution in [2.75, 3.05) is 9.80 Å². The van der Waals surface area contributed by atoms with Gasteiger partial charge in [-0.05, 0) is 163 Å². The number of para-hydroxylation sites is 6. The van der Waals surface area contributed by atoms with Crippen molar-refractivity contribution in [1.82, 2.24) is 0 Å². The normalized spacial score (nSPS) is 12.2. The molecule has 0 N–H and O–H groups in total. The van der Waals surface area contributed by atoms with Crippen LogP contribution in [0.25, 0.3) is 109 Å². The number of nitrogens with zero attached hydrogens (tertiary/aromatic N) is 2. The molecule has 0 aliphatic rings. The first kappa shape index (κ1) is 41.5. The van der Waals surface area contributed by atoms with E-state index in [9.17, 15) is 0 Å². The highest BCUT2D eigenvalue weighted by atomic mass is 16.4. The van der Waals surface area contributed by atoms with E-state index in [0.29, 0.717) is 0 Å². The van der Waals surface area contributed by atoms with Crippen LogP contribution in [0.1, 0.15) is 27.8 Å². The van der Waals surface area contributed by atoms with Crippen LogP contribution in [-0.4, -0.2) is 0 Å². The Balaban J connectivity index is 0.881. The van der Waals surface area contributed by atoms with Crippen molar-refractivity contribution in [1.29, 1.82) is 0 Å². The Labute approximate surface area is 419 Å². The molecule has 0 aliphatic carbocycles. The third kappa shape index (κ3) is 6.10.